The number of hydrogen-bond donors (Lipinski definition) is 1. The number of hydrogen-bond acceptors (Lipinski definition) is 5. The minimum absolute atomic E-state index is 0.0802. The van der Waals surface area contributed by atoms with E-state index in [-0.39, 0.29) is 11.4 Å². The molecule has 1 N–H and O–H groups in total. The van der Waals surface area contributed by atoms with Gasteiger partial charge in [0.25, 0.3) is 0 Å². The first kappa shape index (κ1) is 20.0. The Morgan fingerprint density at radius 2 is 1.77 bits per heavy atom. The van der Waals surface area contributed by atoms with Crippen LogP contribution in [0.2, 0.25) is 5.02 Å². The lowest BCUT2D eigenvalue weighted by Gasteiger charge is -2.13. The maximum atomic E-state index is 14.8. The van der Waals surface area contributed by atoms with Crippen molar-refractivity contribution in [1.29, 1.82) is 0 Å². The van der Waals surface area contributed by atoms with Crippen LogP contribution in [0.25, 0.3) is 33.2 Å². The Kier molecular flexibility index (Phi) is 5.22. The van der Waals surface area contributed by atoms with Gasteiger partial charge in [-0.25, -0.2) is 18.7 Å². The fourth-order valence-corrected chi connectivity index (χ4v) is 3.47. The second kappa shape index (κ2) is 7.84. The van der Waals surface area contributed by atoms with Gasteiger partial charge in [-0.05, 0) is 36.8 Å². The number of benzene rings is 1. The molecule has 1 aromatic carbocycles. The van der Waals surface area contributed by atoms with E-state index < -0.39 is 11.6 Å². The Labute approximate surface area is 176 Å². The number of halogens is 3. The van der Waals surface area contributed by atoms with Crippen LogP contribution in [0.4, 0.5) is 14.6 Å². The average molecular weight is 427 g/mol. The Balaban J connectivity index is 1.94. The van der Waals surface area contributed by atoms with E-state index in [9.17, 15) is 8.78 Å². The number of ether oxygens (including phenoxy) is 1. The smallest absolute Gasteiger partial charge is 0.221 e. The quantitative estimate of drug-likeness (QED) is 0.457. The molecule has 0 bridgehead atoms. The lowest BCUT2D eigenvalue weighted by Crippen LogP contribution is -1.98. The molecule has 0 saturated heterocycles. The summed E-state index contributed by atoms with van der Waals surface area (Å²) in [5.74, 6) is -1.03. The Morgan fingerprint density at radius 1 is 0.967 bits per heavy atom. The van der Waals surface area contributed by atoms with Crippen LogP contribution in [0.1, 0.15) is 5.69 Å². The summed E-state index contributed by atoms with van der Waals surface area (Å²) in [6.07, 6.45) is 3.06. The van der Waals surface area contributed by atoms with Crippen molar-refractivity contribution in [2.45, 2.75) is 6.92 Å². The molecular weight excluding hydrogens is 410 g/mol. The van der Waals surface area contributed by atoms with E-state index >= 15 is 0 Å². The molecule has 152 valence electrons. The molecule has 0 fully saturated rings. The summed E-state index contributed by atoms with van der Waals surface area (Å²) >= 11 is 6.06. The van der Waals surface area contributed by atoms with Crippen LogP contribution in [-0.2, 0) is 0 Å². The van der Waals surface area contributed by atoms with Gasteiger partial charge in [0.05, 0.1) is 17.6 Å². The zero-order valence-electron chi connectivity index (χ0n) is 16.4. The molecule has 8 heteroatoms. The van der Waals surface area contributed by atoms with Crippen molar-refractivity contribution in [3.05, 3.63) is 65.1 Å². The van der Waals surface area contributed by atoms with Gasteiger partial charge in [0.15, 0.2) is 11.6 Å². The van der Waals surface area contributed by atoms with E-state index in [0.29, 0.717) is 44.1 Å². The molecule has 3 heterocycles. The molecule has 0 amide bonds. The van der Waals surface area contributed by atoms with E-state index in [1.807, 2.05) is 0 Å². The van der Waals surface area contributed by atoms with Crippen molar-refractivity contribution in [3.8, 4) is 28.1 Å². The van der Waals surface area contributed by atoms with Gasteiger partial charge in [-0.15, -0.1) is 0 Å². The molecule has 0 aliphatic rings. The molecule has 30 heavy (non-hydrogen) atoms. The van der Waals surface area contributed by atoms with Gasteiger partial charge in [-0.2, -0.15) is 0 Å². The summed E-state index contributed by atoms with van der Waals surface area (Å²) in [5.41, 5.74) is 2.65. The van der Waals surface area contributed by atoms with Crippen LogP contribution in [0.5, 0.6) is 5.88 Å². The highest BCUT2D eigenvalue weighted by atomic mass is 35.5. The van der Waals surface area contributed by atoms with E-state index in [1.165, 1.54) is 13.3 Å². The molecule has 0 aliphatic heterocycles. The van der Waals surface area contributed by atoms with Gasteiger partial charge in [0.1, 0.15) is 5.82 Å². The van der Waals surface area contributed by atoms with Gasteiger partial charge in [0.2, 0.25) is 5.88 Å². The van der Waals surface area contributed by atoms with Crippen LogP contribution >= 0.6 is 11.6 Å². The number of nitrogens with zero attached hydrogens (tertiary/aromatic N) is 3. The number of methoxy groups -OCH3 is 1. The Morgan fingerprint density at radius 3 is 2.50 bits per heavy atom. The first-order valence-corrected chi connectivity index (χ1v) is 9.43. The molecule has 0 atom stereocenters. The molecule has 0 spiro atoms. The highest BCUT2D eigenvalue weighted by Crippen LogP contribution is 2.37. The van der Waals surface area contributed by atoms with E-state index in [0.717, 1.165) is 6.07 Å². The van der Waals surface area contributed by atoms with Crippen molar-refractivity contribution in [3.63, 3.8) is 0 Å². The molecule has 0 unspecified atom stereocenters. The van der Waals surface area contributed by atoms with Crippen LogP contribution in [0, 0.1) is 18.6 Å². The first-order valence-electron chi connectivity index (χ1n) is 9.05. The van der Waals surface area contributed by atoms with Crippen LogP contribution in [0.3, 0.4) is 0 Å². The zero-order chi connectivity index (χ0) is 21.4. The summed E-state index contributed by atoms with van der Waals surface area (Å²) < 4.78 is 34.7. The predicted octanol–water partition coefficient (Wildman–Crippen LogP) is 5.65. The van der Waals surface area contributed by atoms with E-state index in [2.05, 4.69) is 20.3 Å². The topological polar surface area (TPSA) is 59.9 Å². The Hall–Kier alpha value is -3.32. The van der Waals surface area contributed by atoms with Crippen LogP contribution in [0.15, 0.2) is 42.7 Å². The number of fused-ring (bicyclic) bond motifs is 1. The van der Waals surface area contributed by atoms with Gasteiger partial charge in [0, 0.05) is 53.3 Å². The summed E-state index contributed by atoms with van der Waals surface area (Å²) in [7, 11) is 3.21. The summed E-state index contributed by atoms with van der Waals surface area (Å²) in [6, 6.07) is 7.78. The highest BCUT2D eigenvalue weighted by Gasteiger charge is 2.19. The Bertz CT molecular complexity index is 1280. The molecule has 3 aromatic heterocycles. The first-order chi connectivity index (χ1) is 14.4. The molecule has 4 aromatic rings. The number of aromatic nitrogens is 3. The minimum Gasteiger partial charge on any atom is -0.481 e. The highest BCUT2D eigenvalue weighted by molar-refractivity contribution is 6.30. The maximum absolute atomic E-state index is 14.8. The van der Waals surface area contributed by atoms with E-state index in [1.54, 1.807) is 44.4 Å². The molecule has 0 radical (unpaired) electrons. The van der Waals surface area contributed by atoms with Crippen molar-refractivity contribution in [1.82, 2.24) is 15.0 Å². The van der Waals surface area contributed by atoms with Gasteiger partial charge >= 0.3 is 0 Å². The zero-order valence-corrected chi connectivity index (χ0v) is 17.2. The van der Waals surface area contributed by atoms with Gasteiger partial charge < -0.3 is 10.1 Å². The minimum atomic E-state index is -0.993. The van der Waals surface area contributed by atoms with Gasteiger partial charge in [-0.1, -0.05) is 11.6 Å². The molecule has 0 saturated carbocycles. The average Bonchev–Trinajstić information content (AvgIpc) is 2.74. The van der Waals surface area contributed by atoms with Crippen LogP contribution in [-0.4, -0.2) is 29.1 Å². The van der Waals surface area contributed by atoms with Crippen LogP contribution < -0.4 is 10.1 Å². The number of aryl methyl sites for hydroxylation is 1. The monoisotopic (exact) mass is 426 g/mol. The molecule has 0 aliphatic carbocycles. The van der Waals surface area contributed by atoms with Crippen molar-refractivity contribution in [2.24, 2.45) is 0 Å². The van der Waals surface area contributed by atoms with Crippen molar-refractivity contribution >= 4 is 28.3 Å². The normalized spacial score (nSPS) is 11.0. The van der Waals surface area contributed by atoms with Crippen molar-refractivity contribution < 1.29 is 13.5 Å². The third kappa shape index (κ3) is 3.52. The molecule has 4 rings (SSSR count). The number of nitrogens with one attached hydrogen (secondary N) is 1. The molecular formula is C22H17ClF2N4O. The second-order valence-corrected chi connectivity index (χ2v) is 7.10. The summed E-state index contributed by atoms with van der Waals surface area (Å²) in [5, 5.41) is 4.02. The predicted molar refractivity (Wildman–Crippen MR) is 114 cm³/mol. The fraction of sp³-hybridized carbons (Fsp3) is 0.136. The maximum Gasteiger partial charge on any atom is 0.221 e. The second-order valence-electron chi connectivity index (χ2n) is 6.66. The third-order valence-electron chi connectivity index (χ3n) is 4.79. The number of anilines is 1. The number of pyridine rings is 3. The van der Waals surface area contributed by atoms with E-state index in [4.69, 9.17) is 16.3 Å². The standard InChI is InChI=1S/C22H17ClF2N4O/c1-11-15(5-13-9-27-20(26-2)8-19(13)29-11)17-4-12(6-18(24)21(17)25)16-7-14(23)10-28-22(16)30-3/h4-10H,1-3H3,(H,26,27). The summed E-state index contributed by atoms with van der Waals surface area (Å²) in [4.78, 5) is 12.9. The van der Waals surface area contributed by atoms with Crippen molar-refractivity contribution in [2.75, 3.05) is 19.5 Å². The SMILES string of the molecule is CNc1cc2nc(C)c(-c3cc(-c4cc(Cl)cnc4OC)cc(F)c3F)cc2cn1. The number of rotatable bonds is 4. The van der Waals surface area contributed by atoms with Gasteiger partial charge in [-0.3, -0.25) is 4.98 Å². The largest absolute Gasteiger partial charge is 0.481 e. The fourth-order valence-electron chi connectivity index (χ4n) is 3.31. The molecule has 5 nitrogen and oxygen atoms in total. The lowest BCUT2D eigenvalue weighted by molar-refractivity contribution is 0.399. The third-order valence-corrected chi connectivity index (χ3v) is 4.99. The lowest BCUT2D eigenvalue weighted by atomic mass is 9.97. The summed E-state index contributed by atoms with van der Waals surface area (Å²) in [6.45, 7) is 1.75.